The van der Waals surface area contributed by atoms with Crippen LogP contribution < -0.4 is 4.90 Å². The van der Waals surface area contributed by atoms with Gasteiger partial charge in [0.25, 0.3) is 0 Å². The molecule has 1 aliphatic rings. The zero-order chi connectivity index (χ0) is 20.5. The molecule has 0 bridgehead atoms. The van der Waals surface area contributed by atoms with Crippen LogP contribution in [0.4, 0.5) is 5.82 Å². The summed E-state index contributed by atoms with van der Waals surface area (Å²) in [5.74, 6) is 1.92. The van der Waals surface area contributed by atoms with Gasteiger partial charge < -0.3 is 4.90 Å². The summed E-state index contributed by atoms with van der Waals surface area (Å²) in [5, 5.41) is 4.91. The molecule has 0 atom stereocenters. The number of fused-ring (bicyclic) bond motifs is 1. The summed E-state index contributed by atoms with van der Waals surface area (Å²) in [4.78, 5) is 7.36. The van der Waals surface area contributed by atoms with Crippen LogP contribution in [0.1, 0.15) is 29.8 Å². The molecule has 5 rings (SSSR count). The highest BCUT2D eigenvalue weighted by Gasteiger charge is 2.23. The molecule has 4 aromatic rings. The summed E-state index contributed by atoms with van der Waals surface area (Å²) in [6.07, 6.45) is 3.60. The van der Waals surface area contributed by atoms with Crippen LogP contribution in [0.2, 0.25) is 0 Å². The molecule has 0 aliphatic carbocycles. The van der Waals surface area contributed by atoms with Crippen LogP contribution in [0.5, 0.6) is 0 Å². The van der Waals surface area contributed by atoms with Gasteiger partial charge in [-0.15, -0.1) is 0 Å². The van der Waals surface area contributed by atoms with E-state index in [4.69, 9.17) is 10.1 Å². The molecule has 30 heavy (non-hydrogen) atoms. The monoisotopic (exact) mass is 396 g/mol. The lowest BCUT2D eigenvalue weighted by Crippen LogP contribution is -2.35. The number of piperidine rings is 1. The van der Waals surface area contributed by atoms with Gasteiger partial charge in [-0.3, -0.25) is 0 Å². The third-order valence-electron chi connectivity index (χ3n) is 6.24. The van der Waals surface area contributed by atoms with Crippen molar-refractivity contribution < 1.29 is 0 Å². The molecular formula is C26H28N4. The summed E-state index contributed by atoms with van der Waals surface area (Å²) in [7, 11) is 0. The van der Waals surface area contributed by atoms with Gasteiger partial charge in [0.1, 0.15) is 5.82 Å². The van der Waals surface area contributed by atoms with Crippen LogP contribution in [-0.2, 0) is 6.42 Å². The smallest absolute Gasteiger partial charge is 0.165 e. The minimum Gasteiger partial charge on any atom is -0.356 e. The van der Waals surface area contributed by atoms with Gasteiger partial charge in [-0.25, -0.2) is 4.98 Å². The summed E-state index contributed by atoms with van der Waals surface area (Å²) in [5.41, 5.74) is 6.80. The number of anilines is 1. The van der Waals surface area contributed by atoms with E-state index in [0.29, 0.717) is 0 Å². The van der Waals surface area contributed by atoms with Gasteiger partial charge in [-0.1, -0.05) is 60.7 Å². The quantitative estimate of drug-likeness (QED) is 0.458. The van der Waals surface area contributed by atoms with Crippen LogP contribution in [0, 0.1) is 19.8 Å². The van der Waals surface area contributed by atoms with Crippen molar-refractivity contribution in [2.75, 3.05) is 18.0 Å². The van der Waals surface area contributed by atoms with Gasteiger partial charge >= 0.3 is 0 Å². The van der Waals surface area contributed by atoms with Gasteiger partial charge in [-0.05, 0) is 50.2 Å². The molecule has 4 heteroatoms. The molecule has 0 N–H and O–H groups in total. The van der Waals surface area contributed by atoms with E-state index in [-0.39, 0.29) is 0 Å². The maximum absolute atomic E-state index is 4.91. The summed E-state index contributed by atoms with van der Waals surface area (Å²) in [6, 6.07) is 23.6. The Morgan fingerprint density at radius 1 is 0.900 bits per heavy atom. The lowest BCUT2D eigenvalue weighted by molar-refractivity contribution is 0.401. The van der Waals surface area contributed by atoms with Crippen LogP contribution in [0.15, 0.2) is 66.7 Å². The molecule has 0 radical (unpaired) electrons. The van der Waals surface area contributed by atoms with Crippen molar-refractivity contribution in [3.63, 3.8) is 0 Å². The first kappa shape index (κ1) is 18.9. The number of aromatic nitrogens is 3. The zero-order valence-electron chi connectivity index (χ0n) is 17.8. The molecule has 0 unspecified atom stereocenters. The van der Waals surface area contributed by atoms with Crippen molar-refractivity contribution in [1.29, 1.82) is 0 Å². The van der Waals surface area contributed by atoms with Gasteiger partial charge in [0.05, 0.1) is 5.69 Å². The number of hydrogen-bond donors (Lipinski definition) is 0. The zero-order valence-corrected chi connectivity index (χ0v) is 17.8. The van der Waals surface area contributed by atoms with E-state index in [1.54, 1.807) is 0 Å². The van der Waals surface area contributed by atoms with Gasteiger partial charge in [0.15, 0.2) is 5.65 Å². The Kier molecular flexibility index (Phi) is 4.99. The Balaban J connectivity index is 1.43. The lowest BCUT2D eigenvalue weighted by atomic mass is 9.90. The molecule has 152 valence electrons. The Labute approximate surface area is 178 Å². The maximum atomic E-state index is 4.91. The summed E-state index contributed by atoms with van der Waals surface area (Å²) < 4.78 is 2.06. The summed E-state index contributed by atoms with van der Waals surface area (Å²) in [6.45, 7) is 6.30. The minimum atomic E-state index is 0.751. The topological polar surface area (TPSA) is 33.4 Å². The standard InChI is InChI=1S/C26H28N4/c1-19-17-24(29-15-13-22(14-16-29)18-21-9-5-3-6-10-21)30-26(27-19)25(20(2)28-30)23-11-7-4-8-12-23/h3-12,17,22H,13-16,18H2,1-2H3. The van der Waals surface area contributed by atoms with E-state index in [0.717, 1.165) is 41.6 Å². The molecular weight excluding hydrogens is 368 g/mol. The van der Waals surface area contributed by atoms with Crippen molar-refractivity contribution in [3.8, 4) is 11.1 Å². The molecule has 0 saturated carbocycles. The highest BCUT2D eigenvalue weighted by molar-refractivity contribution is 5.81. The average molecular weight is 397 g/mol. The van der Waals surface area contributed by atoms with Crippen LogP contribution in [0.25, 0.3) is 16.8 Å². The number of aryl methyl sites for hydroxylation is 2. The number of hydrogen-bond acceptors (Lipinski definition) is 3. The molecule has 4 nitrogen and oxygen atoms in total. The molecule has 0 spiro atoms. The molecule has 1 fully saturated rings. The first-order chi connectivity index (χ1) is 14.7. The number of nitrogens with zero attached hydrogens (tertiary/aromatic N) is 4. The molecule has 1 saturated heterocycles. The van der Waals surface area contributed by atoms with Gasteiger partial charge in [0.2, 0.25) is 0 Å². The van der Waals surface area contributed by atoms with Gasteiger partial charge in [0, 0.05) is 30.4 Å². The highest BCUT2D eigenvalue weighted by Crippen LogP contribution is 2.32. The second-order valence-corrected chi connectivity index (χ2v) is 8.44. The van der Waals surface area contributed by atoms with Crippen LogP contribution in [-0.4, -0.2) is 27.7 Å². The Morgan fingerprint density at radius 2 is 1.57 bits per heavy atom. The number of rotatable bonds is 4. The average Bonchev–Trinajstić information content (AvgIpc) is 3.10. The first-order valence-electron chi connectivity index (χ1n) is 10.9. The van der Waals surface area contributed by atoms with Crippen molar-refractivity contribution in [3.05, 3.63) is 83.7 Å². The number of benzene rings is 2. The Bertz CT molecular complexity index is 1140. The second kappa shape index (κ2) is 7.94. The SMILES string of the molecule is Cc1cc(N2CCC(Cc3ccccc3)CC2)n2nc(C)c(-c3ccccc3)c2n1. The van der Waals surface area contributed by atoms with Gasteiger partial charge in [-0.2, -0.15) is 9.61 Å². The Hall–Kier alpha value is -3.14. The predicted molar refractivity (Wildman–Crippen MR) is 123 cm³/mol. The van der Waals surface area contributed by atoms with E-state index in [9.17, 15) is 0 Å². The molecule has 1 aliphatic heterocycles. The first-order valence-corrected chi connectivity index (χ1v) is 10.9. The maximum Gasteiger partial charge on any atom is 0.165 e. The second-order valence-electron chi connectivity index (χ2n) is 8.44. The van der Waals surface area contributed by atoms with Crippen LogP contribution >= 0.6 is 0 Å². The Morgan fingerprint density at radius 3 is 2.27 bits per heavy atom. The van der Waals surface area contributed by atoms with E-state index >= 15 is 0 Å². The minimum absolute atomic E-state index is 0.751. The predicted octanol–water partition coefficient (Wildman–Crippen LogP) is 5.47. The van der Waals surface area contributed by atoms with Crippen molar-refractivity contribution >= 4 is 11.5 Å². The third kappa shape index (κ3) is 3.58. The molecule has 2 aromatic carbocycles. The fourth-order valence-corrected chi connectivity index (χ4v) is 4.71. The fourth-order valence-electron chi connectivity index (χ4n) is 4.71. The summed E-state index contributed by atoms with van der Waals surface area (Å²) >= 11 is 0. The third-order valence-corrected chi connectivity index (χ3v) is 6.24. The fraction of sp³-hybridized carbons (Fsp3) is 0.308. The molecule has 2 aromatic heterocycles. The van der Waals surface area contributed by atoms with E-state index in [1.807, 2.05) is 6.07 Å². The van der Waals surface area contributed by atoms with Crippen molar-refractivity contribution in [1.82, 2.24) is 14.6 Å². The van der Waals surface area contributed by atoms with E-state index in [1.165, 1.54) is 36.2 Å². The molecule has 3 heterocycles. The van der Waals surface area contributed by atoms with Crippen molar-refractivity contribution in [2.24, 2.45) is 5.92 Å². The highest BCUT2D eigenvalue weighted by atomic mass is 15.4. The lowest BCUT2D eigenvalue weighted by Gasteiger charge is -2.33. The van der Waals surface area contributed by atoms with Crippen molar-refractivity contribution in [2.45, 2.75) is 33.1 Å². The largest absolute Gasteiger partial charge is 0.356 e. The normalized spacial score (nSPS) is 15.1. The molecule has 0 amide bonds. The van der Waals surface area contributed by atoms with Crippen LogP contribution in [0.3, 0.4) is 0 Å². The van der Waals surface area contributed by atoms with E-state index < -0.39 is 0 Å². The van der Waals surface area contributed by atoms with E-state index in [2.05, 4.69) is 83.9 Å².